The molecule has 0 aliphatic rings. The number of nitrogens with zero attached hydrogens (tertiary/aromatic N) is 2. The molecule has 0 bridgehead atoms. The lowest BCUT2D eigenvalue weighted by Crippen LogP contribution is -2.02. The maximum Gasteiger partial charge on any atom is 0.125 e. The lowest BCUT2D eigenvalue weighted by molar-refractivity contribution is 0.581. The molecular formula is C14H19FN2S. The predicted octanol–water partition coefficient (Wildman–Crippen LogP) is 4.19. The van der Waals surface area contributed by atoms with Gasteiger partial charge in [-0.3, -0.25) is 0 Å². The van der Waals surface area contributed by atoms with Crippen LogP contribution < -0.4 is 0 Å². The molecule has 0 unspecified atom stereocenters. The predicted molar refractivity (Wildman–Crippen MR) is 76.5 cm³/mol. The number of imidazole rings is 1. The van der Waals surface area contributed by atoms with Gasteiger partial charge in [-0.2, -0.15) is 12.6 Å². The summed E-state index contributed by atoms with van der Waals surface area (Å²) < 4.78 is 15.3. The second-order valence-corrected chi connectivity index (χ2v) is 4.85. The molecule has 2 aromatic rings. The topological polar surface area (TPSA) is 17.8 Å². The van der Waals surface area contributed by atoms with Crippen LogP contribution in [0.1, 0.15) is 38.4 Å². The first kappa shape index (κ1) is 13.4. The van der Waals surface area contributed by atoms with E-state index in [4.69, 9.17) is 0 Å². The van der Waals surface area contributed by atoms with Gasteiger partial charge in [-0.25, -0.2) is 9.37 Å². The monoisotopic (exact) mass is 266 g/mol. The Labute approximate surface area is 113 Å². The SMILES string of the molecule is CCCCCCn1c(CS)nc2cc(F)ccc21. The zero-order valence-corrected chi connectivity index (χ0v) is 11.6. The minimum absolute atomic E-state index is 0.233. The molecule has 2 nitrogen and oxygen atoms in total. The molecule has 0 radical (unpaired) electrons. The van der Waals surface area contributed by atoms with Crippen LogP contribution in [0, 0.1) is 5.82 Å². The molecule has 2 rings (SSSR count). The van der Waals surface area contributed by atoms with Crippen LogP contribution >= 0.6 is 12.6 Å². The molecule has 0 N–H and O–H groups in total. The van der Waals surface area contributed by atoms with Crippen LogP contribution in [-0.4, -0.2) is 9.55 Å². The third-order valence-electron chi connectivity index (χ3n) is 3.17. The highest BCUT2D eigenvalue weighted by molar-refractivity contribution is 7.79. The molecule has 1 heterocycles. The number of thiol groups is 1. The highest BCUT2D eigenvalue weighted by Gasteiger charge is 2.09. The zero-order valence-electron chi connectivity index (χ0n) is 10.7. The molecule has 98 valence electrons. The normalized spacial score (nSPS) is 11.3. The number of benzene rings is 1. The van der Waals surface area contributed by atoms with Crippen LogP contribution in [0.15, 0.2) is 18.2 Å². The number of hydrogen-bond donors (Lipinski definition) is 1. The Kier molecular flexibility index (Phi) is 4.64. The van der Waals surface area contributed by atoms with Gasteiger partial charge in [-0.05, 0) is 18.6 Å². The highest BCUT2D eigenvalue weighted by Crippen LogP contribution is 2.19. The van der Waals surface area contributed by atoms with Crippen LogP contribution in [0.5, 0.6) is 0 Å². The van der Waals surface area contributed by atoms with E-state index in [1.165, 1.54) is 31.4 Å². The number of aryl methyl sites for hydroxylation is 1. The maximum absolute atomic E-state index is 13.2. The van der Waals surface area contributed by atoms with Crippen LogP contribution in [0.3, 0.4) is 0 Å². The Balaban J connectivity index is 2.23. The number of aromatic nitrogens is 2. The minimum Gasteiger partial charge on any atom is -0.327 e. The first-order chi connectivity index (χ1) is 8.76. The molecule has 18 heavy (non-hydrogen) atoms. The van der Waals surface area contributed by atoms with E-state index >= 15 is 0 Å². The summed E-state index contributed by atoms with van der Waals surface area (Å²) >= 11 is 4.30. The van der Waals surface area contributed by atoms with Crippen molar-refractivity contribution in [3.63, 3.8) is 0 Å². The molecule has 1 aromatic carbocycles. The van der Waals surface area contributed by atoms with Crippen LogP contribution in [0.4, 0.5) is 4.39 Å². The standard InChI is InChI=1S/C14H19FN2S/c1-2-3-4-5-8-17-13-7-6-11(15)9-12(13)16-14(17)10-18/h6-7,9,18H,2-5,8,10H2,1H3. The van der Waals surface area contributed by atoms with Gasteiger partial charge in [0.2, 0.25) is 0 Å². The van der Waals surface area contributed by atoms with E-state index in [-0.39, 0.29) is 5.82 Å². The minimum atomic E-state index is -0.233. The van der Waals surface area contributed by atoms with E-state index in [2.05, 4.69) is 29.1 Å². The van der Waals surface area contributed by atoms with Crippen molar-refractivity contribution < 1.29 is 4.39 Å². The summed E-state index contributed by atoms with van der Waals surface area (Å²) in [7, 11) is 0. The molecule has 0 aliphatic carbocycles. The Morgan fingerprint density at radius 2 is 2.11 bits per heavy atom. The summed E-state index contributed by atoms with van der Waals surface area (Å²) in [4.78, 5) is 4.44. The van der Waals surface area contributed by atoms with E-state index < -0.39 is 0 Å². The van der Waals surface area contributed by atoms with Crippen LogP contribution in [0.2, 0.25) is 0 Å². The number of hydrogen-bond acceptors (Lipinski definition) is 2. The smallest absolute Gasteiger partial charge is 0.125 e. The van der Waals surface area contributed by atoms with Crippen molar-refractivity contribution in [1.29, 1.82) is 0 Å². The van der Waals surface area contributed by atoms with E-state index in [0.29, 0.717) is 5.75 Å². The first-order valence-corrected chi connectivity index (χ1v) is 7.15. The summed E-state index contributed by atoms with van der Waals surface area (Å²) in [5, 5.41) is 0. The van der Waals surface area contributed by atoms with Gasteiger partial charge in [-0.1, -0.05) is 26.2 Å². The number of fused-ring (bicyclic) bond motifs is 1. The van der Waals surface area contributed by atoms with Crippen molar-refractivity contribution in [3.05, 3.63) is 29.8 Å². The van der Waals surface area contributed by atoms with E-state index in [1.54, 1.807) is 0 Å². The lowest BCUT2D eigenvalue weighted by atomic mass is 10.2. The second-order valence-electron chi connectivity index (χ2n) is 4.53. The van der Waals surface area contributed by atoms with Gasteiger partial charge in [0.25, 0.3) is 0 Å². The third-order valence-corrected chi connectivity index (χ3v) is 3.45. The summed E-state index contributed by atoms with van der Waals surface area (Å²) in [5.41, 5.74) is 1.74. The quantitative estimate of drug-likeness (QED) is 0.613. The number of unbranched alkanes of at least 4 members (excludes halogenated alkanes) is 3. The molecule has 0 atom stereocenters. The number of halogens is 1. The van der Waals surface area contributed by atoms with Crippen molar-refractivity contribution in [2.24, 2.45) is 0 Å². The zero-order chi connectivity index (χ0) is 13.0. The summed E-state index contributed by atoms with van der Waals surface area (Å²) in [6.45, 7) is 3.15. The molecule has 1 aromatic heterocycles. The second kappa shape index (κ2) is 6.23. The molecule has 0 spiro atoms. The summed E-state index contributed by atoms with van der Waals surface area (Å²) in [6, 6.07) is 4.80. The van der Waals surface area contributed by atoms with Gasteiger partial charge in [0.1, 0.15) is 11.6 Å². The molecule has 0 saturated heterocycles. The average Bonchev–Trinajstić information content (AvgIpc) is 2.71. The Morgan fingerprint density at radius 3 is 2.83 bits per heavy atom. The molecule has 0 amide bonds. The third kappa shape index (κ3) is 2.86. The van der Waals surface area contributed by atoms with E-state index in [9.17, 15) is 4.39 Å². The van der Waals surface area contributed by atoms with Crippen molar-refractivity contribution in [2.75, 3.05) is 0 Å². The van der Waals surface area contributed by atoms with Gasteiger partial charge in [0.15, 0.2) is 0 Å². The molecular weight excluding hydrogens is 247 g/mol. The van der Waals surface area contributed by atoms with E-state index in [1.807, 2.05) is 6.07 Å². The Bertz CT molecular complexity index is 522. The molecule has 0 aliphatic heterocycles. The summed E-state index contributed by atoms with van der Waals surface area (Å²) in [6.07, 6.45) is 4.85. The fourth-order valence-electron chi connectivity index (χ4n) is 2.22. The van der Waals surface area contributed by atoms with Gasteiger partial charge >= 0.3 is 0 Å². The summed E-state index contributed by atoms with van der Waals surface area (Å²) in [5.74, 6) is 1.28. The molecule has 4 heteroatoms. The molecule has 0 saturated carbocycles. The Hall–Kier alpha value is -1.03. The van der Waals surface area contributed by atoms with Gasteiger partial charge in [-0.15, -0.1) is 0 Å². The number of rotatable bonds is 6. The van der Waals surface area contributed by atoms with Crippen LogP contribution in [-0.2, 0) is 12.3 Å². The Morgan fingerprint density at radius 1 is 1.28 bits per heavy atom. The molecule has 0 fully saturated rings. The fraction of sp³-hybridized carbons (Fsp3) is 0.500. The lowest BCUT2D eigenvalue weighted by Gasteiger charge is -2.07. The van der Waals surface area contributed by atoms with Gasteiger partial charge in [0, 0.05) is 18.4 Å². The van der Waals surface area contributed by atoms with Crippen molar-refractivity contribution in [2.45, 2.75) is 44.9 Å². The van der Waals surface area contributed by atoms with Gasteiger partial charge in [0.05, 0.1) is 11.0 Å². The average molecular weight is 266 g/mol. The first-order valence-electron chi connectivity index (χ1n) is 6.51. The van der Waals surface area contributed by atoms with Crippen molar-refractivity contribution in [3.8, 4) is 0 Å². The van der Waals surface area contributed by atoms with E-state index in [0.717, 1.165) is 29.8 Å². The largest absolute Gasteiger partial charge is 0.327 e. The van der Waals surface area contributed by atoms with Gasteiger partial charge < -0.3 is 4.57 Å². The highest BCUT2D eigenvalue weighted by atomic mass is 32.1. The fourth-order valence-corrected chi connectivity index (χ4v) is 2.46. The van der Waals surface area contributed by atoms with Crippen LogP contribution in [0.25, 0.3) is 11.0 Å². The van der Waals surface area contributed by atoms with Crippen molar-refractivity contribution in [1.82, 2.24) is 9.55 Å². The van der Waals surface area contributed by atoms with Crippen molar-refractivity contribution >= 4 is 23.7 Å². The maximum atomic E-state index is 13.2.